The Morgan fingerprint density at radius 2 is 1.65 bits per heavy atom. The number of hydrogen-bond donors (Lipinski definition) is 1. The Labute approximate surface area is 231 Å². The van der Waals surface area contributed by atoms with Gasteiger partial charge in [0.2, 0.25) is 5.92 Å². The number of fused-ring (bicyclic) bond motifs is 1. The van der Waals surface area contributed by atoms with Crippen LogP contribution in [0.1, 0.15) is 55.5 Å². The van der Waals surface area contributed by atoms with Crippen LogP contribution < -0.4 is 10.1 Å². The molecule has 1 amide bonds. The Balaban J connectivity index is 1.34. The van der Waals surface area contributed by atoms with E-state index in [0.29, 0.717) is 29.6 Å². The number of ketones is 1. The molecule has 1 aromatic heterocycles. The number of ether oxygens (including phenoxy) is 1. The van der Waals surface area contributed by atoms with E-state index in [0.717, 1.165) is 17.4 Å². The molecule has 2 aromatic carbocycles. The van der Waals surface area contributed by atoms with Crippen LogP contribution in [-0.4, -0.2) is 43.8 Å². The fraction of sp³-hybridized carbons (Fsp3) is 0.400. The Bertz CT molecular complexity index is 1600. The molecule has 2 fully saturated rings. The van der Waals surface area contributed by atoms with Crippen molar-refractivity contribution in [1.29, 1.82) is 0 Å². The molecule has 0 saturated heterocycles. The summed E-state index contributed by atoms with van der Waals surface area (Å²) in [7, 11) is -3.27. The van der Waals surface area contributed by atoms with Crippen molar-refractivity contribution in [2.45, 2.75) is 56.4 Å². The van der Waals surface area contributed by atoms with Crippen molar-refractivity contribution in [2.24, 2.45) is 5.41 Å². The summed E-state index contributed by atoms with van der Waals surface area (Å²) in [5.74, 6) is -1.22. The Morgan fingerprint density at radius 3 is 2.25 bits per heavy atom. The molecule has 0 radical (unpaired) electrons. The van der Waals surface area contributed by atoms with Gasteiger partial charge in [0.25, 0.3) is 5.91 Å². The number of halogens is 2. The quantitative estimate of drug-likeness (QED) is 0.340. The lowest BCUT2D eigenvalue weighted by atomic mass is 9.74. The first kappa shape index (κ1) is 27.8. The molecule has 7 nitrogen and oxygen atoms in total. The van der Waals surface area contributed by atoms with E-state index in [1.165, 1.54) is 0 Å². The van der Waals surface area contributed by atoms with E-state index >= 15 is 0 Å². The van der Waals surface area contributed by atoms with Crippen LogP contribution in [0, 0.1) is 17.8 Å². The van der Waals surface area contributed by atoms with Crippen molar-refractivity contribution >= 4 is 32.5 Å². The zero-order chi connectivity index (χ0) is 28.8. The molecule has 210 valence electrons. The van der Waals surface area contributed by atoms with Gasteiger partial charge in [0.05, 0.1) is 5.54 Å². The highest BCUT2D eigenvalue weighted by molar-refractivity contribution is 7.90. The summed E-state index contributed by atoms with van der Waals surface area (Å²) in [6.45, 7) is 0. The predicted molar refractivity (Wildman–Crippen MR) is 146 cm³/mol. The predicted octanol–water partition coefficient (Wildman–Crippen LogP) is 5.53. The number of terminal acetylenes is 1. The van der Waals surface area contributed by atoms with Gasteiger partial charge in [0.15, 0.2) is 27.3 Å². The van der Waals surface area contributed by atoms with E-state index in [-0.39, 0.29) is 30.8 Å². The first-order valence-electron chi connectivity index (χ1n) is 13.0. The molecule has 10 heteroatoms. The number of nitrogens with one attached hydrogen (secondary N) is 1. The van der Waals surface area contributed by atoms with E-state index in [1.807, 2.05) is 6.07 Å². The lowest BCUT2D eigenvalue weighted by molar-refractivity contribution is -0.131. The molecule has 2 aliphatic rings. The number of hydrogen-bond acceptors (Lipinski definition) is 6. The molecule has 0 atom stereocenters. The Hall–Kier alpha value is -3.71. The van der Waals surface area contributed by atoms with Gasteiger partial charge in [-0.2, -0.15) is 0 Å². The number of benzene rings is 2. The number of furan rings is 1. The summed E-state index contributed by atoms with van der Waals surface area (Å²) in [6, 6.07) is 13.8. The number of alkyl halides is 2. The monoisotopic (exact) mass is 569 g/mol. The van der Waals surface area contributed by atoms with Crippen LogP contribution in [0.4, 0.5) is 8.78 Å². The number of rotatable bonds is 9. The van der Waals surface area contributed by atoms with Gasteiger partial charge >= 0.3 is 0 Å². The van der Waals surface area contributed by atoms with Crippen molar-refractivity contribution in [3.05, 3.63) is 54.3 Å². The average Bonchev–Trinajstić information content (AvgIpc) is 3.55. The highest BCUT2D eigenvalue weighted by Gasteiger charge is 2.52. The standard InChI is InChI=1S/C30H29F2NO6S/c1-3-28(10-11-28)18-26(34)29(12-14-30(31,32)15-13-29)33-27(35)25-17-22-5-4-21(16-24(22)39-25)20-6-8-23(9-7-20)38-19-40(2,36)37/h1,4-9,16-17H,10-15,18-19H2,2H3,(H,33,35). The van der Waals surface area contributed by atoms with Crippen molar-refractivity contribution in [2.75, 3.05) is 12.2 Å². The van der Waals surface area contributed by atoms with Gasteiger partial charge in [-0.3, -0.25) is 9.59 Å². The molecule has 5 rings (SSSR count). The minimum Gasteiger partial charge on any atom is -0.478 e. The molecule has 0 unspecified atom stereocenters. The summed E-state index contributed by atoms with van der Waals surface area (Å²) in [5, 5.41) is 3.41. The lowest BCUT2D eigenvalue weighted by Gasteiger charge is -2.39. The third-order valence-corrected chi connectivity index (χ3v) is 8.30. The Kier molecular flexibility index (Phi) is 6.99. The maximum atomic E-state index is 14.0. The Morgan fingerprint density at radius 1 is 1.00 bits per heavy atom. The molecule has 0 bridgehead atoms. The molecule has 0 aliphatic heterocycles. The van der Waals surface area contributed by atoms with Gasteiger partial charge in [-0.1, -0.05) is 30.2 Å². The van der Waals surface area contributed by atoms with Crippen LogP contribution >= 0.6 is 0 Å². The first-order chi connectivity index (χ1) is 18.8. The minimum atomic E-state index is -3.27. The lowest BCUT2D eigenvalue weighted by Crippen LogP contribution is -2.58. The topological polar surface area (TPSA) is 103 Å². The summed E-state index contributed by atoms with van der Waals surface area (Å²) in [5.41, 5.74) is 0.0680. The van der Waals surface area contributed by atoms with E-state index in [1.54, 1.807) is 42.5 Å². The highest BCUT2D eigenvalue weighted by atomic mass is 32.2. The molecule has 0 spiro atoms. The van der Waals surface area contributed by atoms with Crippen LogP contribution in [-0.2, 0) is 14.6 Å². The van der Waals surface area contributed by atoms with Gasteiger partial charge in [-0.15, -0.1) is 6.42 Å². The zero-order valence-corrected chi connectivity index (χ0v) is 22.8. The molecule has 2 aliphatic carbocycles. The first-order valence-corrected chi connectivity index (χ1v) is 15.0. The fourth-order valence-corrected chi connectivity index (χ4v) is 5.39. The van der Waals surface area contributed by atoms with E-state index in [2.05, 4.69) is 11.2 Å². The van der Waals surface area contributed by atoms with Gasteiger partial charge in [0.1, 0.15) is 11.3 Å². The number of Topliss-reactive ketones (excluding diaryl/α,β-unsaturated/α-hetero) is 1. The number of amides is 1. The zero-order valence-electron chi connectivity index (χ0n) is 22.0. The molecule has 2 saturated carbocycles. The van der Waals surface area contributed by atoms with E-state index < -0.39 is 51.4 Å². The number of sulfone groups is 1. The third-order valence-electron chi connectivity index (χ3n) is 7.75. The van der Waals surface area contributed by atoms with Crippen molar-refractivity contribution in [3.63, 3.8) is 0 Å². The van der Waals surface area contributed by atoms with Crippen LogP contribution in [0.3, 0.4) is 0 Å². The molecular weight excluding hydrogens is 540 g/mol. The molecule has 40 heavy (non-hydrogen) atoms. The SMILES string of the molecule is C#CC1(CC(=O)C2(NC(=O)c3cc4ccc(-c5ccc(OCS(C)(=O)=O)cc5)cc4o3)CCC(F)(F)CC2)CC1. The van der Waals surface area contributed by atoms with Crippen LogP contribution in [0.25, 0.3) is 22.1 Å². The molecule has 1 heterocycles. The van der Waals surface area contributed by atoms with E-state index in [4.69, 9.17) is 15.6 Å². The number of carbonyl (C=O) groups excluding carboxylic acids is 2. The van der Waals surface area contributed by atoms with Crippen LogP contribution in [0.15, 0.2) is 52.9 Å². The van der Waals surface area contributed by atoms with Gasteiger partial charge in [-0.05, 0) is 61.1 Å². The summed E-state index contributed by atoms with van der Waals surface area (Å²) >= 11 is 0. The number of carbonyl (C=O) groups is 2. The summed E-state index contributed by atoms with van der Waals surface area (Å²) in [4.78, 5) is 26.7. The molecule has 3 aromatic rings. The normalized spacial score (nSPS) is 18.9. The van der Waals surface area contributed by atoms with Crippen LogP contribution in [0.2, 0.25) is 0 Å². The molecule has 1 N–H and O–H groups in total. The van der Waals surface area contributed by atoms with Gasteiger partial charge in [0, 0.05) is 36.3 Å². The van der Waals surface area contributed by atoms with Crippen molar-refractivity contribution in [1.82, 2.24) is 5.32 Å². The molecular formula is C30H29F2NO6S. The maximum absolute atomic E-state index is 14.0. The van der Waals surface area contributed by atoms with Crippen LogP contribution in [0.5, 0.6) is 5.75 Å². The second-order valence-electron chi connectivity index (χ2n) is 11.0. The average molecular weight is 570 g/mol. The van der Waals surface area contributed by atoms with Crippen molar-refractivity contribution in [3.8, 4) is 29.2 Å². The third kappa shape index (κ3) is 6.04. The second kappa shape index (κ2) is 10.0. The second-order valence-corrected chi connectivity index (χ2v) is 13.1. The minimum absolute atomic E-state index is 0.0285. The van der Waals surface area contributed by atoms with Crippen molar-refractivity contribution < 1.29 is 35.9 Å². The van der Waals surface area contributed by atoms with E-state index in [9.17, 15) is 26.8 Å². The van der Waals surface area contributed by atoms with Gasteiger partial charge in [-0.25, -0.2) is 17.2 Å². The summed E-state index contributed by atoms with van der Waals surface area (Å²) < 4.78 is 61.7. The maximum Gasteiger partial charge on any atom is 0.287 e. The largest absolute Gasteiger partial charge is 0.478 e. The van der Waals surface area contributed by atoms with Gasteiger partial charge < -0.3 is 14.5 Å². The smallest absolute Gasteiger partial charge is 0.287 e. The fourth-order valence-electron chi connectivity index (χ4n) is 5.04. The highest BCUT2D eigenvalue weighted by Crippen LogP contribution is 2.50. The summed E-state index contributed by atoms with van der Waals surface area (Å²) in [6.07, 6.45) is 6.83.